The number of hydrogen-bond donors (Lipinski definition) is 2. The Bertz CT molecular complexity index is 508. The van der Waals surface area contributed by atoms with Crippen LogP contribution in [0.2, 0.25) is 0 Å². The molecule has 0 amide bonds. The lowest BCUT2D eigenvalue weighted by Crippen LogP contribution is -2.47. The molecule has 1 fully saturated rings. The number of anilines is 1. The molecular formula is C15H24N4O2. The van der Waals surface area contributed by atoms with E-state index in [1.165, 1.54) is 6.42 Å². The molecule has 0 saturated carbocycles. The van der Waals surface area contributed by atoms with Crippen molar-refractivity contribution in [3.05, 3.63) is 17.7 Å². The van der Waals surface area contributed by atoms with E-state index in [1.807, 2.05) is 13.8 Å². The summed E-state index contributed by atoms with van der Waals surface area (Å²) in [7, 11) is 0. The van der Waals surface area contributed by atoms with Gasteiger partial charge < -0.3 is 10.5 Å². The van der Waals surface area contributed by atoms with Crippen LogP contribution in [0, 0.1) is 0 Å². The molecule has 0 aromatic carbocycles. The van der Waals surface area contributed by atoms with E-state index in [4.69, 9.17) is 0 Å². The first kappa shape index (κ1) is 15.7. The molecule has 1 aliphatic heterocycles. The number of rotatable bonds is 4. The van der Waals surface area contributed by atoms with Gasteiger partial charge >= 0.3 is 5.97 Å². The Labute approximate surface area is 125 Å². The third-order valence-electron chi connectivity index (χ3n) is 3.97. The molecule has 21 heavy (non-hydrogen) atoms. The summed E-state index contributed by atoms with van der Waals surface area (Å²) in [4.78, 5) is 19.9. The Morgan fingerprint density at radius 2 is 2.00 bits per heavy atom. The molecule has 6 nitrogen and oxygen atoms in total. The number of carboxylic acid groups (broad SMARTS) is 1. The minimum absolute atomic E-state index is 0.0404. The quantitative estimate of drug-likeness (QED) is 0.888. The van der Waals surface area contributed by atoms with Gasteiger partial charge in [-0.15, -0.1) is 0 Å². The van der Waals surface area contributed by atoms with Crippen molar-refractivity contribution in [1.82, 2.24) is 15.0 Å². The molecule has 116 valence electrons. The average molecular weight is 292 g/mol. The first-order chi connectivity index (χ1) is 9.90. The Hall–Kier alpha value is -1.69. The second kappa shape index (κ2) is 6.39. The molecule has 2 N–H and O–H groups in total. The second-order valence-corrected chi connectivity index (χ2v) is 6.10. The lowest BCUT2D eigenvalue weighted by Gasteiger charge is -2.39. The van der Waals surface area contributed by atoms with Crippen LogP contribution >= 0.6 is 0 Å². The van der Waals surface area contributed by atoms with Gasteiger partial charge in [-0.1, -0.05) is 20.3 Å². The third kappa shape index (κ3) is 3.50. The summed E-state index contributed by atoms with van der Waals surface area (Å²) in [6, 6.07) is 0.723. The average Bonchev–Trinajstić information content (AvgIpc) is 2.42. The Morgan fingerprint density at radius 1 is 1.38 bits per heavy atom. The highest BCUT2D eigenvalue weighted by Gasteiger charge is 2.26. The molecule has 0 aliphatic carbocycles. The van der Waals surface area contributed by atoms with Crippen molar-refractivity contribution in [3.8, 4) is 0 Å². The van der Waals surface area contributed by atoms with Crippen LogP contribution < -0.4 is 5.43 Å². The van der Waals surface area contributed by atoms with E-state index in [1.54, 1.807) is 6.20 Å². The number of nitrogens with one attached hydrogen (secondary N) is 1. The summed E-state index contributed by atoms with van der Waals surface area (Å²) in [5.41, 5.74) is 3.73. The molecule has 1 aliphatic rings. The maximum atomic E-state index is 11.5. The maximum Gasteiger partial charge on any atom is 0.356 e. The van der Waals surface area contributed by atoms with Gasteiger partial charge in [0.2, 0.25) is 0 Å². The fraction of sp³-hybridized carbons (Fsp3) is 0.667. The predicted molar refractivity (Wildman–Crippen MR) is 81.3 cm³/mol. The molecule has 2 rings (SSSR count). The summed E-state index contributed by atoms with van der Waals surface area (Å²) in [5, 5.41) is 11.5. The molecule has 1 saturated heterocycles. The minimum Gasteiger partial charge on any atom is -0.476 e. The fourth-order valence-corrected chi connectivity index (χ4v) is 2.70. The highest BCUT2D eigenvalue weighted by atomic mass is 16.4. The van der Waals surface area contributed by atoms with Crippen LogP contribution in [0.5, 0.6) is 0 Å². The largest absolute Gasteiger partial charge is 0.476 e. The van der Waals surface area contributed by atoms with E-state index in [0.29, 0.717) is 23.6 Å². The first-order valence-electron chi connectivity index (χ1n) is 7.55. The van der Waals surface area contributed by atoms with Gasteiger partial charge in [-0.25, -0.2) is 19.8 Å². The van der Waals surface area contributed by atoms with Gasteiger partial charge in [-0.05, 0) is 26.7 Å². The number of carboxylic acids is 1. The third-order valence-corrected chi connectivity index (χ3v) is 3.97. The van der Waals surface area contributed by atoms with Crippen molar-refractivity contribution in [2.45, 2.75) is 65.0 Å². The molecule has 2 unspecified atom stereocenters. The van der Waals surface area contributed by atoms with Crippen LogP contribution in [0.4, 0.5) is 5.69 Å². The number of piperidine rings is 1. The number of aromatic nitrogens is 2. The van der Waals surface area contributed by atoms with Gasteiger partial charge in [0.15, 0.2) is 5.69 Å². The van der Waals surface area contributed by atoms with E-state index >= 15 is 0 Å². The van der Waals surface area contributed by atoms with Gasteiger partial charge in [0.1, 0.15) is 11.5 Å². The van der Waals surface area contributed by atoms with Crippen molar-refractivity contribution in [2.75, 3.05) is 5.43 Å². The molecule has 2 atom stereocenters. The lowest BCUT2D eigenvalue weighted by molar-refractivity contribution is 0.0689. The van der Waals surface area contributed by atoms with E-state index in [-0.39, 0.29) is 11.6 Å². The van der Waals surface area contributed by atoms with E-state index in [2.05, 4.69) is 34.3 Å². The number of nitrogens with zero attached hydrogens (tertiary/aromatic N) is 3. The number of carbonyl (C=O) groups is 1. The molecular weight excluding hydrogens is 268 g/mol. The van der Waals surface area contributed by atoms with Crippen molar-refractivity contribution in [1.29, 1.82) is 0 Å². The molecule has 1 aromatic rings. The zero-order chi connectivity index (χ0) is 15.6. The van der Waals surface area contributed by atoms with Gasteiger partial charge in [0, 0.05) is 18.0 Å². The van der Waals surface area contributed by atoms with E-state index in [9.17, 15) is 9.90 Å². The first-order valence-corrected chi connectivity index (χ1v) is 7.55. The summed E-state index contributed by atoms with van der Waals surface area (Å²) < 4.78 is 0. The van der Waals surface area contributed by atoms with Crippen molar-refractivity contribution in [3.63, 3.8) is 0 Å². The van der Waals surface area contributed by atoms with Gasteiger partial charge in [0.05, 0.1) is 6.20 Å². The molecule has 0 bridgehead atoms. The fourth-order valence-electron chi connectivity index (χ4n) is 2.70. The smallest absolute Gasteiger partial charge is 0.356 e. The molecule has 1 aromatic heterocycles. The topological polar surface area (TPSA) is 78.4 Å². The highest BCUT2D eigenvalue weighted by Crippen LogP contribution is 2.25. The number of hydrogen-bond acceptors (Lipinski definition) is 5. The van der Waals surface area contributed by atoms with Gasteiger partial charge in [-0.3, -0.25) is 0 Å². The standard InChI is InChI=1S/C15H24N4O2/c1-9(2)14-16-8-12(13(17-14)15(20)21)18-19-10(3)6-5-7-11(19)4/h8-11,18H,5-7H2,1-4H3,(H,20,21). The van der Waals surface area contributed by atoms with Gasteiger partial charge in [0.25, 0.3) is 0 Å². The normalized spacial score (nSPS) is 23.3. The summed E-state index contributed by atoms with van der Waals surface area (Å²) in [6.45, 7) is 8.19. The van der Waals surface area contributed by atoms with Crippen LogP contribution in [0.1, 0.15) is 69.2 Å². The Balaban J connectivity index is 2.28. The van der Waals surface area contributed by atoms with Crippen LogP contribution in [0.25, 0.3) is 0 Å². The Kier molecular flexibility index (Phi) is 4.77. The van der Waals surface area contributed by atoms with E-state index < -0.39 is 5.97 Å². The van der Waals surface area contributed by atoms with Gasteiger partial charge in [-0.2, -0.15) is 0 Å². The zero-order valence-electron chi connectivity index (χ0n) is 13.1. The second-order valence-electron chi connectivity index (χ2n) is 6.10. The molecule has 2 heterocycles. The SMILES string of the molecule is CC(C)c1ncc(NN2C(C)CCCC2C)c(C(=O)O)n1. The van der Waals surface area contributed by atoms with E-state index in [0.717, 1.165) is 12.8 Å². The number of aromatic carboxylic acids is 1. The van der Waals surface area contributed by atoms with Crippen LogP contribution in [0.3, 0.4) is 0 Å². The summed E-state index contributed by atoms with van der Waals surface area (Å²) >= 11 is 0. The molecule has 6 heteroatoms. The highest BCUT2D eigenvalue weighted by molar-refractivity contribution is 5.91. The van der Waals surface area contributed by atoms with Crippen molar-refractivity contribution >= 4 is 11.7 Å². The molecule has 0 spiro atoms. The predicted octanol–water partition coefficient (Wildman–Crippen LogP) is 2.89. The van der Waals surface area contributed by atoms with Crippen LogP contribution in [0.15, 0.2) is 6.20 Å². The zero-order valence-corrected chi connectivity index (χ0v) is 13.1. The monoisotopic (exact) mass is 292 g/mol. The maximum absolute atomic E-state index is 11.5. The van der Waals surface area contributed by atoms with Crippen LogP contribution in [-0.4, -0.2) is 38.1 Å². The summed E-state index contributed by atoms with van der Waals surface area (Å²) in [6.07, 6.45) is 4.99. The summed E-state index contributed by atoms with van der Waals surface area (Å²) in [5.74, 6) is -0.373. The minimum atomic E-state index is -1.03. The van der Waals surface area contributed by atoms with Crippen molar-refractivity contribution < 1.29 is 9.90 Å². The van der Waals surface area contributed by atoms with Crippen LogP contribution in [-0.2, 0) is 0 Å². The Morgan fingerprint density at radius 3 is 2.52 bits per heavy atom. The lowest BCUT2D eigenvalue weighted by atomic mass is 10.00. The van der Waals surface area contributed by atoms with Crippen molar-refractivity contribution in [2.24, 2.45) is 0 Å². The molecule has 0 radical (unpaired) electrons. The number of hydrazine groups is 1.